The van der Waals surface area contributed by atoms with Crippen molar-refractivity contribution in [3.8, 4) is 0 Å². The van der Waals surface area contributed by atoms with E-state index in [0.29, 0.717) is 48.9 Å². The summed E-state index contributed by atoms with van der Waals surface area (Å²) in [6.45, 7) is 9.32. The molecule has 2 aromatic rings. The smallest absolute Gasteiger partial charge is 0.258 e. The monoisotopic (exact) mass is 441 g/mol. The van der Waals surface area contributed by atoms with Crippen LogP contribution in [0.5, 0.6) is 0 Å². The number of carbonyl (C=O) groups is 1. The zero-order valence-electron chi connectivity index (χ0n) is 19.4. The van der Waals surface area contributed by atoms with Gasteiger partial charge in [-0.15, -0.1) is 0 Å². The quantitative estimate of drug-likeness (QED) is 0.735. The number of rotatable bonds is 6. The number of carbonyl (C=O) groups excluding carboxylic acids is 1. The van der Waals surface area contributed by atoms with Crippen molar-refractivity contribution in [2.24, 2.45) is 5.92 Å². The molecule has 1 amide bonds. The zero-order chi connectivity index (χ0) is 22.7. The highest BCUT2D eigenvalue weighted by atomic mass is 16.5. The normalized spacial score (nSPS) is 21.3. The molecule has 1 aromatic carbocycles. The number of ether oxygens (including phenoxy) is 1. The minimum Gasteiger partial charge on any atom is -0.366 e. The van der Waals surface area contributed by atoms with Crippen molar-refractivity contribution in [3.05, 3.63) is 40.4 Å². The lowest BCUT2D eigenvalue weighted by atomic mass is 10.0. The molecule has 8 nitrogen and oxygen atoms in total. The van der Waals surface area contributed by atoms with Crippen molar-refractivity contribution in [2.45, 2.75) is 45.4 Å². The van der Waals surface area contributed by atoms with Gasteiger partial charge in [0.05, 0.1) is 24.1 Å². The average molecular weight is 442 g/mol. The number of nitrogens with zero attached hydrogens (tertiary/aromatic N) is 4. The molecule has 3 heterocycles. The van der Waals surface area contributed by atoms with Gasteiger partial charge in [0.1, 0.15) is 11.9 Å². The Morgan fingerprint density at radius 1 is 1.25 bits per heavy atom. The second kappa shape index (κ2) is 10.1. The van der Waals surface area contributed by atoms with E-state index in [1.807, 2.05) is 18.2 Å². The second-order valence-corrected chi connectivity index (χ2v) is 9.54. The van der Waals surface area contributed by atoms with E-state index in [1.54, 1.807) is 6.07 Å². The minimum atomic E-state index is -0.477. The maximum Gasteiger partial charge on any atom is 0.258 e. The fourth-order valence-electron chi connectivity index (χ4n) is 4.72. The molecular weight excluding hydrogens is 406 g/mol. The number of fused-ring (bicyclic) bond motifs is 1. The number of piperidine rings is 1. The van der Waals surface area contributed by atoms with Crippen LogP contribution < -0.4 is 5.56 Å². The standard InChI is InChI=1S/C24H35N5O3/c1-17(2)14-29(18-8-10-27(3)11-9-18)24(31)21-15-28(12-13-32-21)16-22-25-20-7-5-4-6-19(20)23(30)26-22/h4-7,17-18,21H,8-16H2,1-3H3,(H,25,26,30). The van der Waals surface area contributed by atoms with Crippen molar-refractivity contribution >= 4 is 16.8 Å². The summed E-state index contributed by atoms with van der Waals surface area (Å²) in [7, 11) is 2.14. The number of nitrogens with one attached hydrogen (secondary N) is 1. The molecule has 4 rings (SSSR count). The van der Waals surface area contributed by atoms with Crippen molar-refractivity contribution in [2.75, 3.05) is 46.4 Å². The van der Waals surface area contributed by atoms with Gasteiger partial charge in [0.2, 0.25) is 0 Å². The third-order valence-electron chi connectivity index (χ3n) is 6.44. The number of amides is 1. The van der Waals surface area contributed by atoms with Crippen LogP contribution in [0.4, 0.5) is 0 Å². The van der Waals surface area contributed by atoms with Crippen molar-refractivity contribution in [1.82, 2.24) is 24.7 Å². The number of hydrogen-bond donors (Lipinski definition) is 1. The Kier molecular flexibility index (Phi) is 7.23. The molecule has 1 unspecified atom stereocenters. The zero-order valence-corrected chi connectivity index (χ0v) is 19.4. The van der Waals surface area contributed by atoms with E-state index in [-0.39, 0.29) is 17.5 Å². The summed E-state index contributed by atoms with van der Waals surface area (Å²) < 4.78 is 5.94. The Balaban J connectivity index is 1.45. The molecular formula is C24H35N5O3. The maximum absolute atomic E-state index is 13.5. The molecule has 1 N–H and O–H groups in total. The SMILES string of the molecule is CC(C)CN(C(=O)C1CN(Cc2nc3ccccc3c(=O)[nH]2)CCO1)C1CCN(C)CC1. The van der Waals surface area contributed by atoms with Crippen molar-refractivity contribution in [1.29, 1.82) is 0 Å². The molecule has 32 heavy (non-hydrogen) atoms. The number of para-hydroxylation sites is 1. The summed E-state index contributed by atoms with van der Waals surface area (Å²) in [6, 6.07) is 7.63. The third kappa shape index (κ3) is 5.36. The van der Waals surface area contributed by atoms with Gasteiger partial charge in [-0.25, -0.2) is 4.98 Å². The first-order valence-corrected chi connectivity index (χ1v) is 11.7. The summed E-state index contributed by atoms with van der Waals surface area (Å²) in [4.78, 5) is 40.0. The number of morpholine rings is 1. The van der Waals surface area contributed by atoms with E-state index in [2.05, 4.69) is 45.6 Å². The van der Waals surface area contributed by atoms with Gasteiger partial charge in [0.15, 0.2) is 0 Å². The number of H-pyrrole nitrogens is 1. The molecule has 174 valence electrons. The Bertz CT molecular complexity index is 983. The van der Waals surface area contributed by atoms with Crippen LogP contribution in [0.25, 0.3) is 10.9 Å². The first-order valence-electron chi connectivity index (χ1n) is 11.7. The van der Waals surface area contributed by atoms with E-state index in [4.69, 9.17) is 4.74 Å². The van der Waals surface area contributed by atoms with E-state index in [1.165, 1.54) is 0 Å². The summed E-state index contributed by atoms with van der Waals surface area (Å²) >= 11 is 0. The fraction of sp³-hybridized carbons (Fsp3) is 0.625. The van der Waals surface area contributed by atoms with Gasteiger partial charge in [-0.3, -0.25) is 14.5 Å². The van der Waals surface area contributed by atoms with Crippen molar-refractivity contribution in [3.63, 3.8) is 0 Å². The van der Waals surface area contributed by atoms with Gasteiger partial charge in [-0.05, 0) is 51.0 Å². The second-order valence-electron chi connectivity index (χ2n) is 9.54. The molecule has 0 aliphatic carbocycles. The summed E-state index contributed by atoms with van der Waals surface area (Å²) in [6.07, 6.45) is 1.54. The van der Waals surface area contributed by atoms with Gasteiger partial charge in [-0.2, -0.15) is 0 Å². The summed E-state index contributed by atoms with van der Waals surface area (Å²) in [5.41, 5.74) is 0.564. The topological polar surface area (TPSA) is 81.8 Å². The predicted octanol–water partition coefficient (Wildman–Crippen LogP) is 1.70. The van der Waals surface area contributed by atoms with Crippen LogP contribution in [-0.4, -0.2) is 89.1 Å². The Morgan fingerprint density at radius 2 is 2.00 bits per heavy atom. The number of aromatic amines is 1. The van der Waals surface area contributed by atoms with Crippen LogP contribution in [0.15, 0.2) is 29.1 Å². The van der Waals surface area contributed by atoms with E-state index < -0.39 is 6.10 Å². The van der Waals surface area contributed by atoms with Crippen molar-refractivity contribution < 1.29 is 9.53 Å². The van der Waals surface area contributed by atoms with Gasteiger partial charge < -0.3 is 19.5 Å². The van der Waals surface area contributed by atoms with E-state index in [9.17, 15) is 9.59 Å². The van der Waals surface area contributed by atoms with Gasteiger partial charge >= 0.3 is 0 Å². The van der Waals surface area contributed by atoms with Crippen LogP contribution in [0.2, 0.25) is 0 Å². The maximum atomic E-state index is 13.5. The Morgan fingerprint density at radius 3 is 2.75 bits per heavy atom. The Hall–Kier alpha value is -2.29. The molecule has 0 bridgehead atoms. The molecule has 2 aliphatic rings. The Labute approximate surface area is 189 Å². The highest BCUT2D eigenvalue weighted by Crippen LogP contribution is 2.20. The molecule has 8 heteroatoms. The lowest BCUT2D eigenvalue weighted by Crippen LogP contribution is -2.55. The van der Waals surface area contributed by atoms with Gasteiger partial charge in [0.25, 0.3) is 11.5 Å². The highest BCUT2D eigenvalue weighted by Gasteiger charge is 2.35. The molecule has 0 saturated carbocycles. The molecule has 1 aromatic heterocycles. The highest BCUT2D eigenvalue weighted by molar-refractivity contribution is 5.81. The predicted molar refractivity (Wildman–Crippen MR) is 124 cm³/mol. The summed E-state index contributed by atoms with van der Waals surface area (Å²) in [5.74, 6) is 1.12. The van der Waals surface area contributed by atoms with Crippen LogP contribution in [0.1, 0.15) is 32.5 Å². The average Bonchev–Trinajstić information content (AvgIpc) is 2.78. The number of aromatic nitrogens is 2. The lowest BCUT2D eigenvalue weighted by Gasteiger charge is -2.41. The first kappa shape index (κ1) is 22.9. The van der Waals surface area contributed by atoms with Crippen LogP contribution in [-0.2, 0) is 16.1 Å². The number of likely N-dealkylation sites (tertiary alicyclic amines) is 1. The van der Waals surface area contributed by atoms with Gasteiger partial charge in [0, 0.05) is 25.7 Å². The molecule has 0 spiro atoms. The lowest BCUT2D eigenvalue weighted by molar-refractivity contribution is -0.153. The molecule has 2 fully saturated rings. The van der Waals surface area contributed by atoms with Crippen LogP contribution in [0.3, 0.4) is 0 Å². The van der Waals surface area contributed by atoms with E-state index >= 15 is 0 Å². The van der Waals surface area contributed by atoms with Crippen LogP contribution >= 0.6 is 0 Å². The third-order valence-corrected chi connectivity index (χ3v) is 6.44. The molecule has 2 saturated heterocycles. The molecule has 2 aliphatic heterocycles. The summed E-state index contributed by atoms with van der Waals surface area (Å²) in [5, 5.41) is 0.591. The van der Waals surface area contributed by atoms with Gasteiger partial charge in [-0.1, -0.05) is 26.0 Å². The molecule has 0 radical (unpaired) electrons. The minimum absolute atomic E-state index is 0.0953. The van der Waals surface area contributed by atoms with E-state index in [0.717, 1.165) is 32.5 Å². The van der Waals surface area contributed by atoms with Crippen LogP contribution in [0, 0.1) is 5.92 Å². The first-order chi connectivity index (χ1) is 15.4. The fourth-order valence-corrected chi connectivity index (χ4v) is 4.72. The largest absolute Gasteiger partial charge is 0.366 e. The number of benzene rings is 1. The molecule has 1 atom stereocenters. The number of hydrogen-bond acceptors (Lipinski definition) is 6.